The molecule has 126 valence electrons. The minimum atomic E-state index is -3.45. The third-order valence-electron chi connectivity index (χ3n) is 4.13. The van der Waals surface area contributed by atoms with Crippen LogP contribution in [0.4, 0.5) is 0 Å². The molecule has 2 amide bonds. The Hall–Kier alpha value is -1.89. The molecule has 0 saturated carbocycles. The van der Waals surface area contributed by atoms with Crippen molar-refractivity contribution in [3.8, 4) is 0 Å². The van der Waals surface area contributed by atoms with E-state index in [9.17, 15) is 18.0 Å². The van der Waals surface area contributed by atoms with Crippen molar-refractivity contribution >= 4 is 21.7 Å². The zero-order valence-electron chi connectivity index (χ0n) is 13.8. The van der Waals surface area contributed by atoms with Crippen LogP contribution in [0.2, 0.25) is 0 Å². The molecular formula is C16H22N2O4S. The molecule has 0 radical (unpaired) electrons. The van der Waals surface area contributed by atoms with Crippen molar-refractivity contribution in [3.05, 3.63) is 29.8 Å². The molecule has 23 heavy (non-hydrogen) atoms. The van der Waals surface area contributed by atoms with Gasteiger partial charge in [0.1, 0.15) is 5.54 Å². The lowest BCUT2D eigenvalue weighted by atomic mass is 9.97. The summed E-state index contributed by atoms with van der Waals surface area (Å²) in [7, 11) is -3.45. The van der Waals surface area contributed by atoms with Crippen molar-refractivity contribution < 1.29 is 18.0 Å². The number of amides is 2. The number of hydrogen-bond donors (Lipinski definition) is 1. The van der Waals surface area contributed by atoms with Gasteiger partial charge in [-0.3, -0.25) is 9.59 Å². The molecule has 0 unspecified atom stereocenters. The number of nitrogens with zero attached hydrogens (tertiary/aromatic N) is 1. The zero-order chi connectivity index (χ0) is 17.4. The molecule has 1 saturated heterocycles. The van der Waals surface area contributed by atoms with Gasteiger partial charge in [0.2, 0.25) is 5.91 Å². The lowest BCUT2D eigenvalue weighted by Crippen LogP contribution is -2.63. The molecule has 2 rings (SSSR count). The van der Waals surface area contributed by atoms with Gasteiger partial charge in [-0.25, -0.2) is 8.42 Å². The first-order valence-electron chi connectivity index (χ1n) is 7.52. The number of nitrogens with one attached hydrogen (secondary N) is 1. The Kier molecular flexibility index (Phi) is 4.52. The highest BCUT2D eigenvalue weighted by Crippen LogP contribution is 2.23. The summed E-state index contributed by atoms with van der Waals surface area (Å²) in [5.41, 5.74) is -0.697. The van der Waals surface area contributed by atoms with Crippen LogP contribution in [0.5, 0.6) is 0 Å². The summed E-state index contributed by atoms with van der Waals surface area (Å²) in [5.74, 6) is -0.561. The third kappa shape index (κ3) is 3.10. The van der Waals surface area contributed by atoms with Gasteiger partial charge in [0.05, 0.1) is 10.1 Å². The van der Waals surface area contributed by atoms with E-state index in [4.69, 9.17) is 0 Å². The molecule has 1 aromatic carbocycles. The number of sulfone groups is 1. The van der Waals surface area contributed by atoms with Crippen molar-refractivity contribution in [2.24, 2.45) is 0 Å². The van der Waals surface area contributed by atoms with Crippen LogP contribution in [0.3, 0.4) is 0 Å². The maximum atomic E-state index is 12.8. The summed E-state index contributed by atoms with van der Waals surface area (Å²) in [6.07, 6.45) is 0. The van der Waals surface area contributed by atoms with E-state index in [2.05, 4.69) is 5.32 Å². The molecule has 0 aliphatic carbocycles. The lowest BCUT2D eigenvalue weighted by Gasteiger charge is -2.41. The fourth-order valence-corrected chi connectivity index (χ4v) is 3.59. The van der Waals surface area contributed by atoms with Crippen molar-refractivity contribution in [2.75, 3.05) is 13.1 Å². The van der Waals surface area contributed by atoms with E-state index in [1.165, 1.54) is 17.0 Å². The summed E-state index contributed by atoms with van der Waals surface area (Å²) in [6.45, 7) is 7.32. The van der Waals surface area contributed by atoms with Crippen LogP contribution in [-0.2, 0) is 14.6 Å². The number of carbonyl (C=O) groups excluding carboxylic acids is 2. The number of rotatable bonds is 3. The van der Waals surface area contributed by atoms with E-state index in [0.717, 1.165) is 0 Å². The Morgan fingerprint density at radius 3 is 2.57 bits per heavy atom. The Bertz CT molecular complexity index is 738. The molecule has 1 aliphatic rings. The summed E-state index contributed by atoms with van der Waals surface area (Å²) in [4.78, 5) is 26.3. The number of piperazine rings is 1. The summed E-state index contributed by atoms with van der Waals surface area (Å²) < 4.78 is 24.5. The Balaban J connectivity index is 2.40. The standard InChI is InChI=1S/C16H22N2O4S/c1-11(2)23(21,22)13-7-5-6-12(10-13)14(19)18-9-8-17-15(20)16(18,3)4/h5-7,10-11H,8-9H2,1-4H3,(H,17,20). The SMILES string of the molecule is CC(C)S(=O)(=O)c1cccc(C(=O)N2CCNC(=O)C2(C)C)c1. The van der Waals surface area contributed by atoms with Gasteiger partial charge in [-0.1, -0.05) is 6.07 Å². The van der Waals surface area contributed by atoms with Gasteiger partial charge in [0.15, 0.2) is 9.84 Å². The fraction of sp³-hybridized carbons (Fsp3) is 0.500. The van der Waals surface area contributed by atoms with Gasteiger partial charge in [-0.05, 0) is 45.9 Å². The van der Waals surface area contributed by atoms with E-state index < -0.39 is 20.6 Å². The predicted octanol–water partition coefficient (Wildman–Crippen LogP) is 1.22. The summed E-state index contributed by atoms with van der Waals surface area (Å²) >= 11 is 0. The van der Waals surface area contributed by atoms with Crippen LogP contribution < -0.4 is 5.32 Å². The third-order valence-corrected chi connectivity index (χ3v) is 6.28. The molecular weight excluding hydrogens is 316 g/mol. The minimum Gasteiger partial charge on any atom is -0.352 e. The summed E-state index contributed by atoms with van der Waals surface area (Å²) in [6, 6.07) is 6.00. The molecule has 1 N–H and O–H groups in total. The zero-order valence-corrected chi connectivity index (χ0v) is 14.6. The smallest absolute Gasteiger partial charge is 0.254 e. The molecule has 0 aromatic heterocycles. The van der Waals surface area contributed by atoms with Gasteiger partial charge < -0.3 is 10.2 Å². The minimum absolute atomic E-state index is 0.123. The largest absolute Gasteiger partial charge is 0.352 e. The van der Waals surface area contributed by atoms with Crippen molar-refractivity contribution in [1.29, 1.82) is 0 Å². The maximum Gasteiger partial charge on any atom is 0.254 e. The second-order valence-electron chi connectivity index (χ2n) is 6.39. The van der Waals surface area contributed by atoms with Crippen molar-refractivity contribution in [1.82, 2.24) is 10.2 Å². The van der Waals surface area contributed by atoms with Crippen molar-refractivity contribution in [3.63, 3.8) is 0 Å². The Labute approximate surface area is 136 Å². The van der Waals surface area contributed by atoms with Crippen LogP contribution in [0.1, 0.15) is 38.1 Å². The van der Waals surface area contributed by atoms with Crippen LogP contribution in [0.25, 0.3) is 0 Å². The van der Waals surface area contributed by atoms with E-state index in [1.807, 2.05) is 0 Å². The highest BCUT2D eigenvalue weighted by atomic mass is 32.2. The van der Waals surface area contributed by atoms with Gasteiger partial charge in [-0.2, -0.15) is 0 Å². The van der Waals surface area contributed by atoms with Gasteiger partial charge in [0, 0.05) is 18.7 Å². The van der Waals surface area contributed by atoms with Gasteiger partial charge in [0.25, 0.3) is 5.91 Å². The average Bonchev–Trinajstić information content (AvgIpc) is 2.49. The molecule has 7 heteroatoms. The Morgan fingerprint density at radius 1 is 1.30 bits per heavy atom. The van der Waals surface area contributed by atoms with Crippen LogP contribution >= 0.6 is 0 Å². The van der Waals surface area contributed by atoms with Crippen LogP contribution in [0, 0.1) is 0 Å². The molecule has 1 aliphatic heterocycles. The number of carbonyl (C=O) groups is 2. The molecule has 1 fully saturated rings. The molecule has 0 atom stereocenters. The van der Waals surface area contributed by atoms with Crippen LogP contribution in [-0.4, -0.2) is 49.0 Å². The molecule has 0 spiro atoms. The van der Waals surface area contributed by atoms with E-state index in [1.54, 1.807) is 39.8 Å². The predicted molar refractivity (Wildman–Crippen MR) is 86.9 cm³/mol. The quantitative estimate of drug-likeness (QED) is 0.898. The van der Waals surface area contributed by atoms with E-state index in [-0.39, 0.29) is 22.3 Å². The first kappa shape index (κ1) is 17.5. The second kappa shape index (κ2) is 5.96. The van der Waals surface area contributed by atoms with Gasteiger partial charge in [-0.15, -0.1) is 0 Å². The summed E-state index contributed by atoms with van der Waals surface area (Å²) in [5, 5.41) is 2.17. The lowest BCUT2D eigenvalue weighted by molar-refractivity contribution is -0.133. The first-order chi connectivity index (χ1) is 10.6. The molecule has 1 aromatic rings. The number of benzene rings is 1. The topological polar surface area (TPSA) is 83.6 Å². The molecule has 6 nitrogen and oxygen atoms in total. The monoisotopic (exact) mass is 338 g/mol. The van der Waals surface area contributed by atoms with Crippen LogP contribution in [0.15, 0.2) is 29.2 Å². The highest BCUT2D eigenvalue weighted by Gasteiger charge is 2.40. The second-order valence-corrected chi connectivity index (χ2v) is 8.90. The highest BCUT2D eigenvalue weighted by molar-refractivity contribution is 7.92. The van der Waals surface area contributed by atoms with Crippen molar-refractivity contribution in [2.45, 2.75) is 43.4 Å². The molecule has 0 bridgehead atoms. The first-order valence-corrected chi connectivity index (χ1v) is 9.07. The normalized spacial score (nSPS) is 18.0. The average molecular weight is 338 g/mol. The molecule has 1 heterocycles. The van der Waals surface area contributed by atoms with E-state index in [0.29, 0.717) is 13.1 Å². The Morgan fingerprint density at radius 2 is 1.96 bits per heavy atom. The fourth-order valence-electron chi connectivity index (χ4n) is 2.49. The maximum absolute atomic E-state index is 12.8. The number of hydrogen-bond acceptors (Lipinski definition) is 4. The van der Waals surface area contributed by atoms with Gasteiger partial charge >= 0.3 is 0 Å². The van der Waals surface area contributed by atoms with E-state index >= 15 is 0 Å².